The molecule has 0 radical (unpaired) electrons. The fraction of sp³-hybridized carbons (Fsp3) is 0.417. The van der Waals surface area contributed by atoms with Crippen molar-refractivity contribution in [1.29, 1.82) is 0 Å². The summed E-state index contributed by atoms with van der Waals surface area (Å²) >= 11 is 0. The van der Waals surface area contributed by atoms with E-state index in [2.05, 4.69) is 5.32 Å². The lowest BCUT2D eigenvalue weighted by Crippen LogP contribution is -2.35. The molecule has 0 heterocycles. The van der Waals surface area contributed by atoms with Crippen LogP contribution in [0.5, 0.6) is 0 Å². The van der Waals surface area contributed by atoms with E-state index in [1.54, 1.807) is 0 Å². The Morgan fingerprint density at radius 1 is 1.58 bits per heavy atom. The fourth-order valence-electron chi connectivity index (χ4n) is 1.50. The first kappa shape index (κ1) is 15.0. The van der Waals surface area contributed by atoms with Crippen molar-refractivity contribution in [2.45, 2.75) is 32.2 Å². The number of nitro benzene ring substituents is 1. The number of benzene rings is 1. The Morgan fingerprint density at radius 3 is 2.84 bits per heavy atom. The zero-order chi connectivity index (χ0) is 14.4. The normalized spacial score (nSPS) is 11.9. The highest BCUT2D eigenvalue weighted by Gasteiger charge is 2.17. The molecule has 104 valence electrons. The maximum Gasteiger partial charge on any atom is 0.271 e. The Hall–Kier alpha value is -2.02. The second kappa shape index (κ2) is 6.79. The first-order valence-electron chi connectivity index (χ1n) is 5.96. The number of hydrogen-bond donors (Lipinski definition) is 2. The molecule has 0 bridgehead atoms. The second-order valence-corrected chi connectivity index (χ2v) is 4.16. The third-order valence-electron chi connectivity index (χ3n) is 2.62. The van der Waals surface area contributed by atoms with Crippen LogP contribution in [0.4, 0.5) is 15.8 Å². The maximum absolute atomic E-state index is 13.4. The Labute approximate surface area is 109 Å². The lowest BCUT2D eigenvalue weighted by molar-refractivity contribution is -0.384. The summed E-state index contributed by atoms with van der Waals surface area (Å²) in [6.45, 7) is 1.96. The third kappa shape index (κ3) is 4.29. The minimum absolute atomic E-state index is 0.230. The number of carbonyl (C=O) groups is 1. The molecule has 1 amide bonds. The number of amides is 1. The summed E-state index contributed by atoms with van der Waals surface area (Å²) in [6.07, 6.45) is 2.16. The van der Waals surface area contributed by atoms with Gasteiger partial charge < -0.3 is 11.1 Å². The van der Waals surface area contributed by atoms with Crippen LogP contribution in [-0.4, -0.2) is 16.9 Å². The molecule has 0 unspecified atom stereocenters. The molecule has 0 aliphatic rings. The predicted molar refractivity (Wildman–Crippen MR) is 69.2 cm³/mol. The molecule has 0 aromatic heterocycles. The molecular formula is C12H16FN3O3. The fourth-order valence-corrected chi connectivity index (χ4v) is 1.50. The van der Waals surface area contributed by atoms with Crippen molar-refractivity contribution in [3.05, 3.63) is 34.1 Å². The van der Waals surface area contributed by atoms with Crippen LogP contribution < -0.4 is 11.1 Å². The van der Waals surface area contributed by atoms with Crippen molar-refractivity contribution in [2.24, 2.45) is 5.73 Å². The molecule has 1 aromatic rings. The van der Waals surface area contributed by atoms with Gasteiger partial charge in [0.25, 0.3) is 5.69 Å². The molecule has 3 N–H and O–H groups in total. The van der Waals surface area contributed by atoms with Crippen molar-refractivity contribution >= 4 is 17.3 Å². The van der Waals surface area contributed by atoms with Gasteiger partial charge >= 0.3 is 0 Å². The molecule has 0 fully saturated rings. The number of rotatable bonds is 6. The van der Waals surface area contributed by atoms with E-state index in [4.69, 9.17) is 5.73 Å². The molecule has 1 aromatic carbocycles. The van der Waals surface area contributed by atoms with Gasteiger partial charge in [-0.1, -0.05) is 19.8 Å². The number of nitrogens with two attached hydrogens (primary N) is 1. The predicted octanol–water partition coefficient (Wildman–Crippen LogP) is 2.19. The SMILES string of the molecule is CCCC[C@H](N)C(=O)Nc1cc([N+](=O)[O-])ccc1F. The number of nitrogens with zero attached hydrogens (tertiary/aromatic N) is 1. The highest BCUT2D eigenvalue weighted by atomic mass is 19.1. The number of nitro groups is 1. The van der Waals surface area contributed by atoms with Crippen molar-refractivity contribution in [1.82, 2.24) is 0 Å². The average Bonchev–Trinajstić information content (AvgIpc) is 2.38. The Morgan fingerprint density at radius 2 is 2.26 bits per heavy atom. The van der Waals surface area contributed by atoms with Crippen LogP contribution in [0, 0.1) is 15.9 Å². The van der Waals surface area contributed by atoms with E-state index >= 15 is 0 Å². The summed E-state index contributed by atoms with van der Waals surface area (Å²) in [6, 6.07) is 2.19. The third-order valence-corrected chi connectivity index (χ3v) is 2.62. The molecule has 7 heteroatoms. The van der Waals surface area contributed by atoms with Crippen molar-refractivity contribution in [3.8, 4) is 0 Å². The van der Waals surface area contributed by atoms with E-state index in [9.17, 15) is 19.3 Å². The lowest BCUT2D eigenvalue weighted by Gasteiger charge is -2.12. The number of halogens is 1. The van der Waals surface area contributed by atoms with Crippen LogP contribution in [0.2, 0.25) is 0 Å². The summed E-state index contributed by atoms with van der Waals surface area (Å²) in [5.41, 5.74) is 5.11. The molecular weight excluding hydrogens is 253 g/mol. The van der Waals surface area contributed by atoms with Gasteiger partial charge in [-0.25, -0.2) is 4.39 Å². The van der Waals surface area contributed by atoms with E-state index in [0.717, 1.165) is 31.0 Å². The summed E-state index contributed by atoms with van der Waals surface area (Å²) in [4.78, 5) is 21.6. The van der Waals surface area contributed by atoms with E-state index < -0.39 is 22.7 Å². The summed E-state index contributed by atoms with van der Waals surface area (Å²) in [5.74, 6) is -1.28. The Bertz CT molecular complexity index is 479. The number of unbranched alkanes of at least 4 members (excludes halogenated alkanes) is 1. The van der Waals surface area contributed by atoms with Gasteiger partial charge in [-0.15, -0.1) is 0 Å². The maximum atomic E-state index is 13.4. The van der Waals surface area contributed by atoms with Crippen molar-refractivity contribution in [2.75, 3.05) is 5.32 Å². The Kier molecular flexibility index (Phi) is 5.37. The molecule has 0 aliphatic carbocycles. The van der Waals surface area contributed by atoms with Crippen LogP contribution in [0.1, 0.15) is 26.2 Å². The van der Waals surface area contributed by atoms with Gasteiger partial charge in [0.1, 0.15) is 5.82 Å². The summed E-state index contributed by atoms with van der Waals surface area (Å²) < 4.78 is 13.4. The second-order valence-electron chi connectivity index (χ2n) is 4.16. The van der Waals surface area contributed by atoms with Crippen molar-refractivity contribution in [3.63, 3.8) is 0 Å². The van der Waals surface area contributed by atoms with Crippen molar-refractivity contribution < 1.29 is 14.1 Å². The van der Waals surface area contributed by atoms with Gasteiger partial charge in [-0.3, -0.25) is 14.9 Å². The summed E-state index contributed by atoms with van der Waals surface area (Å²) in [7, 11) is 0. The van der Waals surface area contributed by atoms with Gasteiger partial charge in [-0.05, 0) is 12.5 Å². The number of hydrogen-bond acceptors (Lipinski definition) is 4. The van der Waals surface area contributed by atoms with Crippen LogP contribution in [-0.2, 0) is 4.79 Å². The van der Waals surface area contributed by atoms with Gasteiger partial charge in [0.15, 0.2) is 0 Å². The first-order valence-corrected chi connectivity index (χ1v) is 5.96. The van der Waals surface area contributed by atoms with Crippen LogP contribution in [0.3, 0.4) is 0 Å². The molecule has 0 saturated carbocycles. The largest absolute Gasteiger partial charge is 0.322 e. The van der Waals surface area contributed by atoms with Gasteiger partial charge in [0.05, 0.1) is 16.7 Å². The molecule has 6 nitrogen and oxygen atoms in total. The van der Waals surface area contributed by atoms with Gasteiger partial charge in [-0.2, -0.15) is 0 Å². The quantitative estimate of drug-likeness (QED) is 0.610. The van der Waals surface area contributed by atoms with Gasteiger partial charge in [0, 0.05) is 12.1 Å². The van der Waals surface area contributed by atoms with E-state index in [-0.39, 0.29) is 11.4 Å². The molecule has 0 saturated heterocycles. The van der Waals surface area contributed by atoms with E-state index in [0.29, 0.717) is 6.42 Å². The zero-order valence-electron chi connectivity index (χ0n) is 10.6. The number of carbonyl (C=O) groups excluding carboxylic acids is 1. The number of non-ortho nitro benzene ring substituents is 1. The molecule has 19 heavy (non-hydrogen) atoms. The van der Waals surface area contributed by atoms with E-state index in [1.807, 2.05) is 6.92 Å². The lowest BCUT2D eigenvalue weighted by atomic mass is 10.1. The standard InChI is InChI=1S/C12H16FN3O3/c1-2-3-4-10(14)12(17)15-11-7-8(16(18)19)5-6-9(11)13/h5-7,10H,2-4,14H2,1H3,(H,15,17)/t10-/m0/s1. The first-order chi connectivity index (χ1) is 8.95. The van der Waals surface area contributed by atoms with Crippen LogP contribution in [0.15, 0.2) is 18.2 Å². The van der Waals surface area contributed by atoms with Crippen LogP contribution >= 0.6 is 0 Å². The van der Waals surface area contributed by atoms with E-state index in [1.165, 1.54) is 0 Å². The number of anilines is 1. The number of nitrogens with one attached hydrogen (secondary N) is 1. The van der Waals surface area contributed by atoms with Gasteiger partial charge in [0.2, 0.25) is 5.91 Å². The minimum atomic E-state index is -0.751. The highest BCUT2D eigenvalue weighted by Crippen LogP contribution is 2.21. The average molecular weight is 269 g/mol. The topological polar surface area (TPSA) is 98.3 Å². The smallest absolute Gasteiger partial charge is 0.271 e. The monoisotopic (exact) mass is 269 g/mol. The minimum Gasteiger partial charge on any atom is -0.322 e. The van der Waals surface area contributed by atoms with Crippen LogP contribution in [0.25, 0.3) is 0 Å². The zero-order valence-corrected chi connectivity index (χ0v) is 10.6. The molecule has 0 aliphatic heterocycles. The highest BCUT2D eigenvalue weighted by molar-refractivity contribution is 5.95. The molecule has 1 atom stereocenters. The summed E-state index contributed by atoms with van der Waals surface area (Å²) in [5, 5.41) is 12.8. The molecule has 0 spiro atoms. The molecule has 1 rings (SSSR count). The Balaban J connectivity index is 2.78.